The first-order valence-electron chi connectivity index (χ1n) is 7.83. The monoisotopic (exact) mass is 312 g/mol. The third-order valence-corrected chi connectivity index (χ3v) is 3.60. The van der Waals surface area contributed by atoms with Crippen molar-refractivity contribution in [3.05, 3.63) is 65.2 Å². The highest BCUT2D eigenvalue weighted by atomic mass is 16.5. The molecule has 0 bridgehead atoms. The lowest BCUT2D eigenvalue weighted by molar-refractivity contribution is 0.226. The minimum atomic E-state index is -0.187. The van der Waals surface area contributed by atoms with Crippen LogP contribution in [0.5, 0.6) is 5.75 Å². The summed E-state index contributed by atoms with van der Waals surface area (Å²) in [5.74, 6) is 0.810. The fourth-order valence-corrected chi connectivity index (χ4v) is 2.16. The quantitative estimate of drug-likeness (QED) is 0.856. The summed E-state index contributed by atoms with van der Waals surface area (Å²) in [6.45, 7) is 6.94. The summed E-state index contributed by atoms with van der Waals surface area (Å²) in [7, 11) is 0. The van der Waals surface area contributed by atoms with Gasteiger partial charge in [-0.25, -0.2) is 4.79 Å². The third kappa shape index (κ3) is 5.66. The number of carbonyl (C=O) groups is 1. The van der Waals surface area contributed by atoms with E-state index < -0.39 is 0 Å². The molecule has 23 heavy (non-hydrogen) atoms. The van der Waals surface area contributed by atoms with Crippen molar-refractivity contribution in [1.29, 1.82) is 0 Å². The van der Waals surface area contributed by atoms with Gasteiger partial charge in [-0.05, 0) is 44.0 Å². The zero-order valence-corrected chi connectivity index (χ0v) is 13.9. The lowest BCUT2D eigenvalue weighted by atomic mass is 10.1. The highest BCUT2D eigenvalue weighted by molar-refractivity contribution is 5.74. The molecule has 1 atom stereocenters. The largest absolute Gasteiger partial charge is 0.491 e. The second-order valence-corrected chi connectivity index (χ2v) is 5.78. The molecule has 0 saturated carbocycles. The van der Waals surface area contributed by atoms with Crippen molar-refractivity contribution < 1.29 is 9.53 Å². The average molecular weight is 312 g/mol. The molecular weight excluding hydrogens is 288 g/mol. The molecule has 4 nitrogen and oxygen atoms in total. The van der Waals surface area contributed by atoms with E-state index in [1.54, 1.807) is 0 Å². The Morgan fingerprint density at radius 2 is 1.78 bits per heavy atom. The van der Waals surface area contributed by atoms with Crippen LogP contribution < -0.4 is 15.4 Å². The fourth-order valence-electron chi connectivity index (χ4n) is 2.16. The number of aryl methyl sites for hydroxylation is 2. The van der Waals surface area contributed by atoms with Crippen molar-refractivity contribution in [2.45, 2.75) is 33.4 Å². The van der Waals surface area contributed by atoms with Gasteiger partial charge in [0.2, 0.25) is 0 Å². The molecule has 0 aliphatic rings. The third-order valence-electron chi connectivity index (χ3n) is 3.60. The molecule has 0 heterocycles. The lowest BCUT2D eigenvalue weighted by Crippen LogP contribution is -2.43. The highest BCUT2D eigenvalue weighted by Crippen LogP contribution is 2.11. The van der Waals surface area contributed by atoms with E-state index in [0.717, 1.165) is 11.3 Å². The first-order chi connectivity index (χ1) is 11.0. The number of rotatable bonds is 6. The Morgan fingerprint density at radius 1 is 1.09 bits per heavy atom. The van der Waals surface area contributed by atoms with E-state index in [9.17, 15) is 4.79 Å². The van der Waals surface area contributed by atoms with Crippen molar-refractivity contribution in [3.63, 3.8) is 0 Å². The maximum absolute atomic E-state index is 11.9. The van der Waals surface area contributed by atoms with Crippen LogP contribution in [0.3, 0.4) is 0 Å². The molecule has 0 aromatic heterocycles. The van der Waals surface area contributed by atoms with Crippen LogP contribution in [0, 0.1) is 13.8 Å². The Morgan fingerprint density at radius 3 is 2.48 bits per heavy atom. The number of amides is 2. The minimum Gasteiger partial charge on any atom is -0.491 e. The van der Waals surface area contributed by atoms with Gasteiger partial charge >= 0.3 is 6.03 Å². The van der Waals surface area contributed by atoms with Crippen LogP contribution in [-0.2, 0) is 6.54 Å². The van der Waals surface area contributed by atoms with Gasteiger partial charge in [0.25, 0.3) is 0 Å². The van der Waals surface area contributed by atoms with E-state index in [2.05, 4.69) is 10.6 Å². The summed E-state index contributed by atoms with van der Waals surface area (Å²) in [5.41, 5.74) is 3.48. The molecular formula is C19H24N2O2. The SMILES string of the molecule is Cc1ccc(OCC(C)NC(=O)NCc2ccccc2C)cc1. The molecule has 0 spiro atoms. The van der Waals surface area contributed by atoms with E-state index in [1.165, 1.54) is 11.1 Å². The molecule has 2 aromatic carbocycles. The first kappa shape index (κ1) is 16.9. The molecule has 2 aromatic rings. The maximum Gasteiger partial charge on any atom is 0.315 e. The predicted octanol–water partition coefficient (Wildman–Crippen LogP) is 3.57. The van der Waals surface area contributed by atoms with Gasteiger partial charge in [-0.3, -0.25) is 0 Å². The van der Waals surface area contributed by atoms with Crippen LogP contribution in [0.2, 0.25) is 0 Å². The molecule has 122 valence electrons. The van der Waals surface area contributed by atoms with Gasteiger partial charge in [0, 0.05) is 6.54 Å². The topological polar surface area (TPSA) is 50.4 Å². The van der Waals surface area contributed by atoms with E-state index in [4.69, 9.17) is 4.74 Å². The van der Waals surface area contributed by atoms with Crippen LogP contribution in [-0.4, -0.2) is 18.7 Å². The molecule has 0 radical (unpaired) electrons. The number of urea groups is 1. The van der Waals surface area contributed by atoms with Gasteiger partial charge in [0.05, 0.1) is 6.04 Å². The smallest absolute Gasteiger partial charge is 0.315 e. The summed E-state index contributed by atoms with van der Waals surface area (Å²) in [6, 6.07) is 15.6. The first-order valence-corrected chi connectivity index (χ1v) is 7.83. The molecule has 2 rings (SSSR count). The van der Waals surface area contributed by atoms with Gasteiger partial charge in [0.15, 0.2) is 0 Å². The highest BCUT2D eigenvalue weighted by Gasteiger charge is 2.08. The molecule has 1 unspecified atom stereocenters. The number of nitrogens with one attached hydrogen (secondary N) is 2. The molecule has 2 amide bonds. The zero-order chi connectivity index (χ0) is 16.7. The fraction of sp³-hybridized carbons (Fsp3) is 0.316. The molecule has 0 aliphatic carbocycles. The normalized spacial score (nSPS) is 11.6. The number of ether oxygens (including phenoxy) is 1. The van der Waals surface area contributed by atoms with Crippen molar-refractivity contribution in [2.24, 2.45) is 0 Å². The Kier molecular flexibility index (Phi) is 6.03. The number of hydrogen-bond acceptors (Lipinski definition) is 2. The van der Waals surface area contributed by atoms with Crippen molar-refractivity contribution in [3.8, 4) is 5.75 Å². The Balaban J connectivity index is 1.72. The van der Waals surface area contributed by atoms with Crippen molar-refractivity contribution in [1.82, 2.24) is 10.6 Å². The van der Waals surface area contributed by atoms with E-state index >= 15 is 0 Å². The molecule has 2 N–H and O–H groups in total. The van der Waals surface area contributed by atoms with Gasteiger partial charge in [0.1, 0.15) is 12.4 Å². The van der Waals surface area contributed by atoms with Crippen LogP contribution in [0.15, 0.2) is 48.5 Å². The van der Waals surface area contributed by atoms with Crippen molar-refractivity contribution in [2.75, 3.05) is 6.61 Å². The number of carbonyl (C=O) groups excluding carboxylic acids is 1. The molecule has 0 aliphatic heterocycles. The van der Waals surface area contributed by atoms with E-state index in [1.807, 2.05) is 69.3 Å². The van der Waals surface area contributed by atoms with Gasteiger partial charge in [-0.1, -0.05) is 42.0 Å². The maximum atomic E-state index is 11.9. The van der Waals surface area contributed by atoms with Gasteiger partial charge in [-0.2, -0.15) is 0 Å². The summed E-state index contributed by atoms with van der Waals surface area (Å²) in [4.78, 5) is 11.9. The van der Waals surface area contributed by atoms with Crippen molar-refractivity contribution >= 4 is 6.03 Å². The average Bonchev–Trinajstić information content (AvgIpc) is 2.53. The summed E-state index contributed by atoms with van der Waals surface area (Å²) < 4.78 is 5.66. The minimum absolute atomic E-state index is 0.0758. The standard InChI is InChI=1S/C19H24N2O2/c1-14-8-10-18(11-9-14)23-13-16(3)21-19(22)20-12-17-7-5-4-6-15(17)2/h4-11,16H,12-13H2,1-3H3,(H2,20,21,22). The van der Waals surface area contributed by atoms with Gasteiger partial charge < -0.3 is 15.4 Å². The lowest BCUT2D eigenvalue weighted by Gasteiger charge is -2.16. The Hall–Kier alpha value is -2.49. The second kappa shape index (κ2) is 8.22. The summed E-state index contributed by atoms with van der Waals surface area (Å²) in [5, 5.41) is 5.75. The Bertz CT molecular complexity index is 638. The molecule has 4 heteroatoms. The molecule has 0 fully saturated rings. The van der Waals surface area contributed by atoms with Crippen LogP contribution in [0.25, 0.3) is 0 Å². The summed E-state index contributed by atoms with van der Waals surface area (Å²) in [6.07, 6.45) is 0. The van der Waals surface area contributed by atoms with Crippen LogP contribution >= 0.6 is 0 Å². The van der Waals surface area contributed by atoms with Crippen LogP contribution in [0.1, 0.15) is 23.6 Å². The predicted molar refractivity (Wildman–Crippen MR) is 92.7 cm³/mol. The number of benzene rings is 2. The second-order valence-electron chi connectivity index (χ2n) is 5.78. The van der Waals surface area contributed by atoms with Crippen LogP contribution in [0.4, 0.5) is 4.79 Å². The number of hydrogen-bond donors (Lipinski definition) is 2. The van der Waals surface area contributed by atoms with E-state index in [-0.39, 0.29) is 12.1 Å². The zero-order valence-electron chi connectivity index (χ0n) is 13.9. The Labute approximate surface area is 137 Å². The summed E-state index contributed by atoms with van der Waals surface area (Å²) >= 11 is 0. The molecule has 0 saturated heterocycles. The van der Waals surface area contributed by atoms with Gasteiger partial charge in [-0.15, -0.1) is 0 Å². The van der Waals surface area contributed by atoms with E-state index in [0.29, 0.717) is 13.2 Å².